The van der Waals surface area contributed by atoms with E-state index < -0.39 is 0 Å². The standard InChI is InChI=1S/C48H32N2.C40H26N2/c1-3-13-33(14-4-1)35-25-28-38(29-26-35)49-44-22-9-7-19-41(44)43-32-37(27-30-46(43)49)40-21-12-24-47-48(40)42-20-8-10-23-45(42)50(47)39-18-11-17-36(31-39)34-15-5-2-6-16-34;1-2-14-31-27(12-1)13-11-19-32(31)28-24-29(41-37-20-7-3-15-33(37)34-16-4-8-21-38(34)41)26-30(25-28)42-39-22-9-5-17-35(39)36-18-6-10-23-40(36)42/h1-32H;1-26H. The smallest absolute Gasteiger partial charge is 0.0547 e. The molecule has 4 heterocycles. The lowest BCUT2D eigenvalue weighted by molar-refractivity contribution is 1.13. The van der Waals surface area contributed by atoms with Crippen molar-refractivity contribution in [2.24, 2.45) is 0 Å². The van der Waals surface area contributed by atoms with Crippen LogP contribution in [-0.4, -0.2) is 18.3 Å². The van der Waals surface area contributed by atoms with Crippen LogP contribution < -0.4 is 0 Å². The molecule has 0 radical (unpaired) electrons. The Morgan fingerprint density at radius 3 is 1.09 bits per heavy atom. The van der Waals surface area contributed by atoms with E-state index in [1.165, 1.54) is 143 Å². The van der Waals surface area contributed by atoms with Gasteiger partial charge >= 0.3 is 0 Å². The molecule has 0 aliphatic heterocycles. The fourth-order valence-corrected chi connectivity index (χ4v) is 14.7. The van der Waals surface area contributed by atoms with Crippen LogP contribution in [0.25, 0.3) is 165 Å². The van der Waals surface area contributed by atoms with Crippen molar-refractivity contribution in [2.45, 2.75) is 0 Å². The molecule has 0 amide bonds. The van der Waals surface area contributed by atoms with Crippen molar-refractivity contribution in [1.82, 2.24) is 18.3 Å². The van der Waals surface area contributed by atoms with Gasteiger partial charge in [-0.2, -0.15) is 0 Å². The summed E-state index contributed by atoms with van der Waals surface area (Å²) in [5.41, 5.74) is 24.0. The van der Waals surface area contributed by atoms with E-state index in [1.807, 2.05) is 0 Å². The van der Waals surface area contributed by atoms with Crippen molar-refractivity contribution in [3.8, 4) is 67.3 Å². The summed E-state index contributed by atoms with van der Waals surface area (Å²) < 4.78 is 9.67. The monoisotopic (exact) mass is 1170 g/mol. The Kier molecular flexibility index (Phi) is 12.5. The van der Waals surface area contributed by atoms with Gasteiger partial charge in [0.2, 0.25) is 0 Å². The third kappa shape index (κ3) is 8.68. The lowest BCUT2D eigenvalue weighted by atomic mass is 9.97. The molecular weight excluding hydrogens is 1110 g/mol. The Morgan fingerprint density at radius 2 is 0.511 bits per heavy atom. The summed E-state index contributed by atoms with van der Waals surface area (Å²) in [5, 5.41) is 12.6. The van der Waals surface area contributed by atoms with Gasteiger partial charge in [0.15, 0.2) is 0 Å². The molecular formula is C88H58N4. The average Bonchev–Trinajstić information content (AvgIpc) is 1.72. The number of benzene rings is 15. The van der Waals surface area contributed by atoms with Gasteiger partial charge in [-0.25, -0.2) is 0 Å². The second kappa shape index (κ2) is 21.8. The maximum atomic E-state index is 2.43. The highest BCUT2D eigenvalue weighted by Gasteiger charge is 2.21. The minimum Gasteiger partial charge on any atom is -0.309 e. The lowest BCUT2D eigenvalue weighted by Gasteiger charge is -2.16. The van der Waals surface area contributed by atoms with E-state index in [0.29, 0.717) is 0 Å². The molecule has 0 unspecified atom stereocenters. The van der Waals surface area contributed by atoms with Crippen molar-refractivity contribution < 1.29 is 0 Å². The fourth-order valence-electron chi connectivity index (χ4n) is 14.7. The first-order valence-corrected chi connectivity index (χ1v) is 31.6. The zero-order chi connectivity index (χ0) is 60.6. The van der Waals surface area contributed by atoms with Crippen LogP contribution in [0.1, 0.15) is 0 Å². The van der Waals surface area contributed by atoms with Crippen LogP contribution in [0.2, 0.25) is 0 Å². The van der Waals surface area contributed by atoms with Crippen LogP contribution in [0.3, 0.4) is 0 Å². The van der Waals surface area contributed by atoms with Gasteiger partial charge < -0.3 is 18.3 Å². The molecule has 430 valence electrons. The zero-order valence-electron chi connectivity index (χ0n) is 50.3. The maximum absolute atomic E-state index is 2.43. The number of rotatable bonds is 8. The first kappa shape index (κ1) is 52.8. The highest BCUT2D eigenvalue weighted by molar-refractivity contribution is 6.18. The highest BCUT2D eigenvalue weighted by atomic mass is 15.0. The van der Waals surface area contributed by atoms with Crippen LogP contribution in [-0.2, 0) is 0 Å². The molecule has 0 aliphatic carbocycles. The molecule has 4 nitrogen and oxygen atoms in total. The van der Waals surface area contributed by atoms with Gasteiger partial charge in [0.1, 0.15) is 0 Å². The van der Waals surface area contributed by atoms with Gasteiger partial charge in [-0.15, -0.1) is 0 Å². The topological polar surface area (TPSA) is 19.7 Å². The zero-order valence-corrected chi connectivity index (χ0v) is 50.3. The highest BCUT2D eigenvalue weighted by Crippen LogP contribution is 2.43. The SMILES string of the molecule is c1ccc(-c2ccc(-n3c4ccccc4c4cc(-c5cccc6c5c5ccccc5n6-c5cccc(-c6ccccc6)c5)ccc43)cc2)cc1.c1ccc2c(-c3cc(-n4c5ccccc5c5ccccc54)cc(-n4c5ccccc5c5ccccc54)c3)cccc2c1. The number of hydrogen-bond acceptors (Lipinski definition) is 0. The predicted molar refractivity (Wildman–Crippen MR) is 389 cm³/mol. The van der Waals surface area contributed by atoms with Crippen LogP contribution >= 0.6 is 0 Å². The first-order valence-electron chi connectivity index (χ1n) is 31.6. The van der Waals surface area contributed by atoms with E-state index in [9.17, 15) is 0 Å². The molecule has 0 atom stereocenters. The molecule has 0 N–H and O–H groups in total. The lowest BCUT2D eigenvalue weighted by Crippen LogP contribution is -2.00. The van der Waals surface area contributed by atoms with E-state index in [4.69, 9.17) is 0 Å². The van der Waals surface area contributed by atoms with Gasteiger partial charge in [0, 0.05) is 65.8 Å². The molecule has 0 aliphatic rings. The molecule has 0 spiro atoms. The van der Waals surface area contributed by atoms with E-state index in [-0.39, 0.29) is 0 Å². The van der Waals surface area contributed by atoms with Crippen LogP contribution in [0.4, 0.5) is 0 Å². The molecule has 19 aromatic rings. The molecule has 0 fully saturated rings. The van der Waals surface area contributed by atoms with Crippen molar-refractivity contribution >= 4 is 98.0 Å². The summed E-state index contributed by atoms with van der Waals surface area (Å²) >= 11 is 0. The van der Waals surface area contributed by atoms with Crippen LogP contribution in [0, 0.1) is 0 Å². The van der Waals surface area contributed by atoms with Gasteiger partial charge in [-0.3, -0.25) is 0 Å². The molecule has 0 saturated heterocycles. The molecule has 0 bridgehead atoms. The average molecular weight is 1170 g/mol. The van der Waals surface area contributed by atoms with Gasteiger partial charge in [-0.05, 0) is 152 Å². The summed E-state index contributed by atoms with van der Waals surface area (Å²) in [7, 11) is 0. The Labute approximate surface area is 532 Å². The first-order chi connectivity index (χ1) is 45.7. The molecule has 4 heteroatoms. The largest absolute Gasteiger partial charge is 0.309 e. The normalized spacial score (nSPS) is 11.7. The van der Waals surface area contributed by atoms with Crippen LogP contribution in [0.5, 0.6) is 0 Å². The molecule has 92 heavy (non-hydrogen) atoms. The van der Waals surface area contributed by atoms with Crippen LogP contribution in [0.15, 0.2) is 352 Å². The number of para-hydroxylation sites is 6. The van der Waals surface area contributed by atoms with E-state index in [0.717, 1.165) is 22.7 Å². The van der Waals surface area contributed by atoms with E-state index in [1.54, 1.807) is 0 Å². The Hall–Kier alpha value is -12.2. The minimum atomic E-state index is 1.15. The number of aromatic nitrogens is 4. The van der Waals surface area contributed by atoms with E-state index >= 15 is 0 Å². The van der Waals surface area contributed by atoms with Crippen molar-refractivity contribution in [1.29, 1.82) is 0 Å². The second-order valence-electron chi connectivity index (χ2n) is 24.0. The summed E-state index contributed by atoms with van der Waals surface area (Å²) in [5.74, 6) is 0. The van der Waals surface area contributed by atoms with Crippen molar-refractivity contribution in [3.63, 3.8) is 0 Å². The second-order valence-corrected chi connectivity index (χ2v) is 24.0. The van der Waals surface area contributed by atoms with Gasteiger partial charge in [-0.1, -0.05) is 255 Å². The summed E-state index contributed by atoms with van der Waals surface area (Å²) in [4.78, 5) is 0. The Bertz CT molecular complexity index is 5810. The molecule has 4 aromatic heterocycles. The quantitative estimate of drug-likeness (QED) is 0.144. The number of fused-ring (bicyclic) bond motifs is 13. The van der Waals surface area contributed by atoms with Crippen molar-refractivity contribution in [3.05, 3.63) is 352 Å². The molecule has 19 rings (SSSR count). The third-order valence-electron chi connectivity index (χ3n) is 18.8. The number of nitrogens with zero attached hydrogens (tertiary/aromatic N) is 4. The van der Waals surface area contributed by atoms with Gasteiger partial charge in [0.25, 0.3) is 0 Å². The Balaban J connectivity index is 0.000000138. The molecule has 0 saturated carbocycles. The maximum Gasteiger partial charge on any atom is 0.0547 e. The van der Waals surface area contributed by atoms with Gasteiger partial charge in [0.05, 0.1) is 44.1 Å². The predicted octanol–water partition coefficient (Wildman–Crippen LogP) is 23.6. The fraction of sp³-hybridized carbons (Fsp3) is 0. The summed E-state index contributed by atoms with van der Waals surface area (Å²) in [6.45, 7) is 0. The van der Waals surface area contributed by atoms with E-state index in [2.05, 4.69) is 370 Å². The summed E-state index contributed by atoms with van der Waals surface area (Å²) in [6, 6.07) is 128. The third-order valence-corrected chi connectivity index (χ3v) is 18.8. The molecule has 15 aromatic carbocycles. The van der Waals surface area contributed by atoms with Crippen molar-refractivity contribution in [2.75, 3.05) is 0 Å². The summed E-state index contributed by atoms with van der Waals surface area (Å²) in [6.07, 6.45) is 0. The minimum absolute atomic E-state index is 1.15. The Morgan fingerprint density at radius 1 is 0.152 bits per heavy atom. The number of hydrogen-bond donors (Lipinski definition) is 0.